The Balaban J connectivity index is 1.75. The number of nitrogens with zero attached hydrogens (tertiary/aromatic N) is 2. The van der Waals surface area contributed by atoms with Gasteiger partial charge in [0.05, 0.1) is 11.6 Å². The van der Waals surface area contributed by atoms with E-state index in [9.17, 15) is 0 Å². The Morgan fingerprint density at radius 1 is 1.35 bits per heavy atom. The standard InChI is InChI=1S/C13H18N4/c14-11-12-2-1-3-13(10-12)16-6-9-17-7-4-15-5-8-17/h1-3,10,15-16H,4-9H2. The van der Waals surface area contributed by atoms with Crippen molar-refractivity contribution >= 4 is 5.69 Å². The van der Waals surface area contributed by atoms with Crippen LogP contribution in [0.25, 0.3) is 0 Å². The van der Waals surface area contributed by atoms with E-state index in [0.717, 1.165) is 45.0 Å². The first-order valence-corrected chi connectivity index (χ1v) is 6.05. The molecule has 1 heterocycles. The second-order valence-electron chi connectivity index (χ2n) is 4.21. The molecule has 90 valence electrons. The Kier molecular flexibility index (Phi) is 4.37. The molecule has 1 saturated heterocycles. The summed E-state index contributed by atoms with van der Waals surface area (Å²) in [5, 5.41) is 15.5. The molecule has 2 N–H and O–H groups in total. The Morgan fingerprint density at radius 3 is 2.94 bits per heavy atom. The smallest absolute Gasteiger partial charge is 0.0992 e. The van der Waals surface area contributed by atoms with Crippen molar-refractivity contribution in [3.05, 3.63) is 29.8 Å². The van der Waals surface area contributed by atoms with Gasteiger partial charge in [-0.2, -0.15) is 5.26 Å². The Bertz CT molecular complexity index is 391. The predicted octanol–water partition coefficient (Wildman–Crippen LogP) is 0.875. The summed E-state index contributed by atoms with van der Waals surface area (Å²) in [6.07, 6.45) is 0. The van der Waals surface area contributed by atoms with Crippen LogP contribution in [0.3, 0.4) is 0 Å². The predicted molar refractivity (Wildman–Crippen MR) is 69.0 cm³/mol. The van der Waals surface area contributed by atoms with Gasteiger partial charge in [0.2, 0.25) is 0 Å². The molecule has 0 aromatic heterocycles. The van der Waals surface area contributed by atoms with E-state index in [1.807, 2.05) is 24.3 Å². The van der Waals surface area contributed by atoms with E-state index in [4.69, 9.17) is 5.26 Å². The summed E-state index contributed by atoms with van der Waals surface area (Å²) in [4.78, 5) is 2.44. The zero-order chi connectivity index (χ0) is 11.9. The van der Waals surface area contributed by atoms with E-state index >= 15 is 0 Å². The highest BCUT2D eigenvalue weighted by Crippen LogP contribution is 2.09. The van der Waals surface area contributed by atoms with Crippen LogP contribution in [0.5, 0.6) is 0 Å². The van der Waals surface area contributed by atoms with Gasteiger partial charge in [0, 0.05) is 45.0 Å². The highest BCUT2D eigenvalue weighted by atomic mass is 15.2. The van der Waals surface area contributed by atoms with Crippen LogP contribution >= 0.6 is 0 Å². The van der Waals surface area contributed by atoms with Gasteiger partial charge in [-0.1, -0.05) is 6.07 Å². The average Bonchev–Trinajstić information content (AvgIpc) is 2.40. The fourth-order valence-corrected chi connectivity index (χ4v) is 1.99. The maximum absolute atomic E-state index is 8.80. The van der Waals surface area contributed by atoms with Crippen LogP contribution in [0.1, 0.15) is 5.56 Å². The van der Waals surface area contributed by atoms with Gasteiger partial charge in [0.15, 0.2) is 0 Å². The van der Waals surface area contributed by atoms with E-state index in [1.54, 1.807) is 0 Å². The van der Waals surface area contributed by atoms with Crippen molar-refractivity contribution < 1.29 is 0 Å². The zero-order valence-corrected chi connectivity index (χ0v) is 9.95. The van der Waals surface area contributed by atoms with Gasteiger partial charge in [-0.25, -0.2) is 0 Å². The number of hydrogen-bond donors (Lipinski definition) is 2. The molecule has 0 unspecified atom stereocenters. The second-order valence-corrected chi connectivity index (χ2v) is 4.21. The third-order valence-corrected chi connectivity index (χ3v) is 2.96. The molecule has 0 aliphatic carbocycles. The van der Waals surface area contributed by atoms with E-state index in [2.05, 4.69) is 21.6 Å². The largest absolute Gasteiger partial charge is 0.384 e. The molecule has 1 aromatic rings. The Labute approximate surface area is 102 Å². The molecule has 4 nitrogen and oxygen atoms in total. The van der Waals surface area contributed by atoms with Gasteiger partial charge >= 0.3 is 0 Å². The Morgan fingerprint density at radius 2 is 2.18 bits per heavy atom. The lowest BCUT2D eigenvalue weighted by atomic mass is 10.2. The molecule has 0 radical (unpaired) electrons. The SMILES string of the molecule is N#Cc1cccc(NCCN2CCNCC2)c1. The van der Waals surface area contributed by atoms with Crippen LogP contribution in [0, 0.1) is 11.3 Å². The van der Waals surface area contributed by atoms with Crippen molar-refractivity contribution in [2.45, 2.75) is 0 Å². The van der Waals surface area contributed by atoms with Gasteiger partial charge < -0.3 is 10.6 Å². The number of nitriles is 1. The highest BCUT2D eigenvalue weighted by molar-refractivity contribution is 5.49. The molecule has 1 aliphatic rings. The first-order chi connectivity index (χ1) is 8.38. The minimum Gasteiger partial charge on any atom is -0.384 e. The molecule has 4 heteroatoms. The zero-order valence-electron chi connectivity index (χ0n) is 9.95. The van der Waals surface area contributed by atoms with Crippen LogP contribution in [0.15, 0.2) is 24.3 Å². The lowest BCUT2D eigenvalue weighted by molar-refractivity contribution is 0.249. The fraction of sp³-hybridized carbons (Fsp3) is 0.462. The van der Waals surface area contributed by atoms with Crippen molar-refractivity contribution in [1.29, 1.82) is 5.26 Å². The summed E-state index contributed by atoms with van der Waals surface area (Å²) in [6.45, 7) is 6.40. The first kappa shape index (κ1) is 11.9. The average molecular weight is 230 g/mol. The molecule has 1 fully saturated rings. The Hall–Kier alpha value is -1.57. The summed E-state index contributed by atoms with van der Waals surface area (Å²) in [7, 11) is 0. The number of nitrogens with one attached hydrogen (secondary N) is 2. The molecule has 1 aromatic carbocycles. The summed E-state index contributed by atoms with van der Waals surface area (Å²) in [6, 6.07) is 9.76. The quantitative estimate of drug-likeness (QED) is 0.806. The molecule has 0 atom stereocenters. The van der Waals surface area contributed by atoms with E-state index in [-0.39, 0.29) is 0 Å². The van der Waals surface area contributed by atoms with Crippen LogP contribution in [0.4, 0.5) is 5.69 Å². The molecule has 0 spiro atoms. The van der Waals surface area contributed by atoms with Gasteiger partial charge in [-0.15, -0.1) is 0 Å². The van der Waals surface area contributed by atoms with Gasteiger partial charge in [0.25, 0.3) is 0 Å². The van der Waals surface area contributed by atoms with Crippen molar-refractivity contribution in [3.63, 3.8) is 0 Å². The minimum absolute atomic E-state index is 0.706. The summed E-state index contributed by atoms with van der Waals surface area (Å²) in [5.41, 5.74) is 1.73. The monoisotopic (exact) mass is 230 g/mol. The second kappa shape index (κ2) is 6.24. The summed E-state index contributed by atoms with van der Waals surface area (Å²) < 4.78 is 0. The number of anilines is 1. The molecular weight excluding hydrogens is 212 g/mol. The molecular formula is C13H18N4. The van der Waals surface area contributed by atoms with Crippen LogP contribution in [-0.2, 0) is 0 Å². The van der Waals surface area contributed by atoms with Gasteiger partial charge in [-0.3, -0.25) is 4.90 Å². The van der Waals surface area contributed by atoms with E-state index < -0.39 is 0 Å². The topological polar surface area (TPSA) is 51.1 Å². The maximum atomic E-state index is 8.80. The number of piperazine rings is 1. The number of benzene rings is 1. The van der Waals surface area contributed by atoms with Crippen molar-refractivity contribution in [3.8, 4) is 6.07 Å². The number of rotatable bonds is 4. The molecule has 0 bridgehead atoms. The van der Waals surface area contributed by atoms with E-state index in [0.29, 0.717) is 5.56 Å². The lowest BCUT2D eigenvalue weighted by Crippen LogP contribution is -2.45. The van der Waals surface area contributed by atoms with Crippen LogP contribution in [0.2, 0.25) is 0 Å². The first-order valence-electron chi connectivity index (χ1n) is 6.05. The molecule has 17 heavy (non-hydrogen) atoms. The summed E-state index contributed by atoms with van der Waals surface area (Å²) >= 11 is 0. The molecule has 0 amide bonds. The minimum atomic E-state index is 0.706. The van der Waals surface area contributed by atoms with Crippen molar-refractivity contribution in [2.24, 2.45) is 0 Å². The fourth-order valence-electron chi connectivity index (χ4n) is 1.99. The van der Waals surface area contributed by atoms with E-state index in [1.165, 1.54) is 0 Å². The van der Waals surface area contributed by atoms with Crippen molar-refractivity contribution in [1.82, 2.24) is 10.2 Å². The van der Waals surface area contributed by atoms with Gasteiger partial charge in [0.1, 0.15) is 0 Å². The third-order valence-electron chi connectivity index (χ3n) is 2.96. The normalized spacial score (nSPS) is 16.4. The van der Waals surface area contributed by atoms with Gasteiger partial charge in [-0.05, 0) is 18.2 Å². The summed E-state index contributed by atoms with van der Waals surface area (Å²) in [5.74, 6) is 0. The third kappa shape index (κ3) is 3.74. The molecule has 1 aliphatic heterocycles. The van der Waals surface area contributed by atoms with Crippen LogP contribution < -0.4 is 10.6 Å². The highest BCUT2D eigenvalue weighted by Gasteiger charge is 2.08. The maximum Gasteiger partial charge on any atom is 0.0992 e. The molecule has 2 rings (SSSR count). The molecule has 0 saturated carbocycles. The van der Waals surface area contributed by atoms with Crippen LogP contribution in [-0.4, -0.2) is 44.2 Å². The lowest BCUT2D eigenvalue weighted by Gasteiger charge is -2.27. The number of hydrogen-bond acceptors (Lipinski definition) is 4. The van der Waals surface area contributed by atoms with Crippen molar-refractivity contribution in [2.75, 3.05) is 44.6 Å².